The number of fused-ring (bicyclic) bond motifs is 4. The number of aryl methyl sites for hydroxylation is 9. The highest BCUT2D eigenvalue weighted by Crippen LogP contribution is 2.45. The van der Waals surface area contributed by atoms with Gasteiger partial charge in [0.05, 0.1) is 95.9 Å². The van der Waals surface area contributed by atoms with Crippen molar-refractivity contribution in [2.75, 3.05) is 0 Å². The molecule has 0 spiro atoms. The standard InChI is InChI=1S/C31H24N4O3.C30H22N6O.C28H24N6O.C24H19FN4O/c1-19-28(20(2)38-34-19)24-16-27-29(33-17-24)25(21-11-13-23(14-12-21)31(36)37)18-35(27)30(22-8-4-3-5-9-22)26-10-6-7-15-32-26;1-19-28(20(2)37-35-19)23-14-27-29(34-17-23)25(22-11-12-24(15-31)33-16-22)18-36(27)30(21-8-4-3-5-9-21)26-10-6-7-13-32-26;1-18-26(19(2)35-32-18)21-13-25-27(30-14-21)23(22-15-31-33(3)16-22)17-34(25)28(20-9-5-4-6-10-20)24-11-7-8-12-29-24;1-15-22(16(2)30-28-15)18-12-21-23(27-13-18)19(25)14-29(21)24(17-8-4-3-5-9-17)20-10-6-7-11-26-20/h3-18,30H,1-2H3,(H,36,37);3-14,16-18,30H,1-2H3;4-17,28H,1-3H3;3-14,24H,1-2H3/t2*30-;28-;24-/m1001/s1. The summed E-state index contributed by atoms with van der Waals surface area (Å²) in [6, 6.07) is 84.8. The van der Waals surface area contributed by atoms with E-state index >= 15 is 0 Å². The Bertz CT molecular complexity index is 8190. The highest BCUT2D eigenvalue weighted by molar-refractivity contribution is 5.99. The van der Waals surface area contributed by atoms with Crippen LogP contribution in [-0.2, 0) is 7.05 Å². The molecule has 0 bridgehead atoms. The van der Waals surface area contributed by atoms with Crippen LogP contribution in [0.5, 0.6) is 0 Å². The van der Waals surface area contributed by atoms with Crippen molar-refractivity contribution in [2.45, 2.75) is 79.6 Å². The van der Waals surface area contributed by atoms with E-state index in [4.69, 9.17) is 48.0 Å². The summed E-state index contributed by atoms with van der Waals surface area (Å²) in [4.78, 5) is 53.7. The fourth-order valence-corrected chi connectivity index (χ4v) is 18.6. The number of pyridine rings is 9. The second-order valence-corrected chi connectivity index (χ2v) is 34.0. The Morgan fingerprint density at radius 2 is 0.629 bits per heavy atom. The molecular weight excluding hydrogens is 1750 g/mol. The third-order valence-electron chi connectivity index (χ3n) is 25.0. The van der Waals surface area contributed by atoms with Gasteiger partial charge in [-0.3, -0.25) is 44.6 Å². The molecule has 0 saturated heterocycles. The number of rotatable bonds is 20. The fourth-order valence-electron chi connectivity index (χ4n) is 18.6. The Hall–Kier alpha value is -18.5. The number of halogens is 1. The number of hydrogen-bond donors (Lipinski definition) is 1. The van der Waals surface area contributed by atoms with Crippen molar-refractivity contribution in [1.29, 1.82) is 5.26 Å². The molecule has 4 atom stereocenters. The number of aromatic nitrogens is 19. The highest BCUT2D eigenvalue weighted by atomic mass is 19.1. The maximum Gasteiger partial charge on any atom is 0.335 e. The molecule has 0 aliphatic carbocycles. The number of hydrogen-bond acceptors (Lipinski definition) is 20. The zero-order valence-corrected chi connectivity index (χ0v) is 77.5. The van der Waals surface area contributed by atoms with Gasteiger partial charge in [0, 0.05) is 166 Å². The summed E-state index contributed by atoms with van der Waals surface area (Å²) >= 11 is 0. The Balaban J connectivity index is 0.000000115. The van der Waals surface area contributed by atoms with Crippen LogP contribution >= 0.6 is 0 Å². The van der Waals surface area contributed by atoms with Crippen molar-refractivity contribution >= 4 is 50.1 Å². The van der Waals surface area contributed by atoms with Crippen molar-refractivity contribution in [1.82, 2.24) is 93.5 Å². The van der Waals surface area contributed by atoms with E-state index in [9.17, 15) is 19.6 Å². The van der Waals surface area contributed by atoms with E-state index in [1.54, 1.807) is 43.0 Å². The van der Waals surface area contributed by atoms with Crippen LogP contribution in [0.1, 0.15) is 131 Å². The first-order chi connectivity index (χ1) is 68.4. The smallest absolute Gasteiger partial charge is 0.335 e. The summed E-state index contributed by atoms with van der Waals surface area (Å²) in [5, 5.41) is 39.5. The molecule has 0 unspecified atom stereocenters. The van der Waals surface area contributed by atoms with Crippen molar-refractivity contribution in [3.05, 3.63) is 456 Å². The predicted molar refractivity (Wildman–Crippen MR) is 533 cm³/mol. The highest BCUT2D eigenvalue weighted by Gasteiger charge is 2.31. The molecule has 23 rings (SSSR count). The van der Waals surface area contributed by atoms with Crippen LogP contribution in [0.2, 0.25) is 0 Å². The van der Waals surface area contributed by atoms with Crippen LogP contribution in [0.4, 0.5) is 4.39 Å². The molecule has 684 valence electrons. The van der Waals surface area contributed by atoms with Gasteiger partial charge in [-0.2, -0.15) is 10.4 Å². The molecule has 26 nitrogen and oxygen atoms in total. The van der Waals surface area contributed by atoms with Crippen LogP contribution < -0.4 is 0 Å². The summed E-state index contributed by atoms with van der Waals surface area (Å²) < 4.78 is 46.9. The van der Waals surface area contributed by atoms with Crippen molar-refractivity contribution in [2.24, 2.45) is 7.05 Å². The first-order valence-electron chi connectivity index (χ1n) is 45.3. The molecule has 5 aromatic carbocycles. The summed E-state index contributed by atoms with van der Waals surface area (Å²) in [7, 11) is 1.92. The van der Waals surface area contributed by atoms with Crippen LogP contribution in [0.25, 0.3) is 122 Å². The van der Waals surface area contributed by atoms with Crippen molar-refractivity contribution in [3.63, 3.8) is 0 Å². The van der Waals surface area contributed by atoms with E-state index < -0.39 is 5.97 Å². The molecule has 0 aliphatic rings. The van der Waals surface area contributed by atoms with Crippen molar-refractivity contribution < 1.29 is 32.4 Å². The Kier molecular flexibility index (Phi) is 24.8. The van der Waals surface area contributed by atoms with Crippen LogP contribution in [0.3, 0.4) is 0 Å². The molecule has 23 aromatic rings. The van der Waals surface area contributed by atoms with Gasteiger partial charge in [0.1, 0.15) is 64.5 Å². The molecule has 0 radical (unpaired) electrons. The quantitative estimate of drug-likeness (QED) is 0.0741. The number of carboxylic acids is 1. The molecule has 18 heterocycles. The number of carboxylic acid groups (broad SMARTS) is 1. The molecule has 18 aromatic heterocycles. The molecule has 0 amide bonds. The first-order valence-corrected chi connectivity index (χ1v) is 45.3. The molecular formula is C113H89FN20O6. The van der Waals surface area contributed by atoms with Gasteiger partial charge < -0.3 is 41.5 Å². The fraction of sp³-hybridized carbons (Fsp3) is 0.115. The number of aromatic carboxylic acids is 1. The molecule has 27 heteroatoms. The third-order valence-corrected chi connectivity index (χ3v) is 25.0. The number of nitriles is 1. The lowest BCUT2D eigenvalue weighted by molar-refractivity contribution is 0.0696. The molecule has 0 aliphatic heterocycles. The minimum Gasteiger partial charge on any atom is -0.478 e. The topological polar surface area (TPSA) is 319 Å². The minimum atomic E-state index is -0.958. The van der Waals surface area contributed by atoms with Gasteiger partial charge >= 0.3 is 5.97 Å². The second kappa shape index (κ2) is 38.9. The molecule has 1 N–H and O–H groups in total. The van der Waals surface area contributed by atoms with E-state index in [1.165, 1.54) is 6.20 Å². The number of nitrogens with zero attached hydrogens (tertiary/aromatic N) is 20. The maximum atomic E-state index is 14.9. The largest absolute Gasteiger partial charge is 0.478 e. The van der Waals surface area contributed by atoms with E-state index in [0.717, 1.165) is 196 Å². The van der Waals surface area contributed by atoms with Crippen molar-refractivity contribution in [3.8, 4) is 84.0 Å². The number of benzene rings is 5. The van der Waals surface area contributed by atoms with Gasteiger partial charge in [0.15, 0.2) is 5.82 Å². The van der Waals surface area contributed by atoms with Gasteiger partial charge in [-0.1, -0.05) is 178 Å². The Morgan fingerprint density at radius 1 is 0.329 bits per heavy atom. The molecule has 140 heavy (non-hydrogen) atoms. The normalized spacial score (nSPS) is 12.2. The van der Waals surface area contributed by atoms with Gasteiger partial charge in [-0.15, -0.1) is 0 Å². The minimum absolute atomic E-state index is 0.132. The zero-order chi connectivity index (χ0) is 96.2. The van der Waals surface area contributed by atoms with Gasteiger partial charge in [-0.05, 0) is 180 Å². The maximum absolute atomic E-state index is 14.9. The second-order valence-electron chi connectivity index (χ2n) is 34.0. The van der Waals surface area contributed by atoms with Gasteiger partial charge in [0.2, 0.25) is 0 Å². The zero-order valence-electron chi connectivity index (χ0n) is 77.5. The number of carbonyl (C=O) groups is 1. The lowest BCUT2D eigenvalue weighted by atomic mass is 10.0. The first kappa shape index (κ1) is 89.4. The van der Waals surface area contributed by atoms with E-state index in [2.05, 4.69) is 152 Å². The van der Waals surface area contributed by atoms with Gasteiger partial charge in [0.25, 0.3) is 0 Å². The van der Waals surface area contributed by atoms with Crippen LogP contribution in [0, 0.1) is 72.5 Å². The summed E-state index contributed by atoms with van der Waals surface area (Å²) in [5.41, 5.74) is 31.2. The lowest BCUT2D eigenvalue weighted by Gasteiger charge is -2.20. The SMILES string of the molecule is Cc1noc(C)c1-c1cnc2c(-c3ccc(C#N)nc3)cn([C@@H](c3ccccc3)c3ccccn3)c2c1.Cc1noc(C)c1-c1cnc2c(-c3ccc(C(=O)O)cc3)cn([C@H](c3ccccc3)c3ccccn3)c2c1.Cc1noc(C)c1-c1cnc2c(-c3cnn(C)c3)cn([C@@H](c3ccccc3)c3ccccn3)c2c1.Cc1noc(C)c1-c1cnc2c(F)cn([C@H](c3ccccc3)c3ccccn3)c2c1. The summed E-state index contributed by atoms with van der Waals surface area (Å²) in [5.74, 6) is 1.64. The third kappa shape index (κ3) is 17.6. The van der Waals surface area contributed by atoms with E-state index in [1.807, 2.05) is 279 Å². The predicted octanol–water partition coefficient (Wildman–Crippen LogP) is 24.2. The molecule has 0 saturated carbocycles. The Labute approximate surface area is 802 Å². The van der Waals surface area contributed by atoms with E-state index in [0.29, 0.717) is 22.5 Å². The van der Waals surface area contributed by atoms with Gasteiger partial charge in [-0.25, -0.2) is 14.2 Å². The molecule has 0 fully saturated rings. The monoisotopic (exact) mass is 1840 g/mol. The van der Waals surface area contributed by atoms with E-state index in [-0.39, 0.29) is 35.5 Å². The summed E-state index contributed by atoms with van der Waals surface area (Å²) in [6.07, 6.45) is 27.9. The average Bonchev–Trinajstić information content (AvgIpc) is 1.60. The van der Waals surface area contributed by atoms with Crippen LogP contribution in [0.15, 0.2) is 366 Å². The summed E-state index contributed by atoms with van der Waals surface area (Å²) in [6.45, 7) is 15.3. The Morgan fingerprint density at radius 3 is 0.914 bits per heavy atom. The van der Waals surface area contributed by atoms with Crippen LogP contribution in [-0.4, -0.2) is 105 Å². The lowest BCUT2D eigenvalue weighted by Crippen LogP contribution is -2.13. The average molecular weight is 1840 g/mol.